The second-order valence-electron chi connectivity index (χ2n) is 8.85. The molecule has 0 aromatic heterocycles. The van der Waals surface area contributed by atoms with Gasteiger partial charge in [0.15, 0.2) is 0 Å². The quantitative estimate of drug-likeness (QED) is 0.309. The summed E-state index contributed by atoms with van der Waals surface area (Å²) in [6, 6.07) is 11.1. The van der Waals surface area contributed by atoms with Crippen LogP contribution in [0, 0.1) is 5.82 Å². The summed E-state index contributed by atoms with van der Waals surface area (Å²) < 4.78 is 29.9. The van der Waals surface area contributed by atoms with Gasteiger partial charge >= 0.3 is 0 Å². The van der Waals surface area contributed by atoms with Crippen molar-refractivity contribution in [3.63, 3.8) is 0 Å². The molecule has 2 aromatic rings. The molecule has 4 nitrogen and oxygen atoms in total. The van der Waals surface area contributed by atoms with Crippen LogP contribution >= 0.6 is 24.0 Å². The predicted octanol–water partition coefficient (Wildman–Crippen LogP) is 8.34. The first-order valence-corrected chi connectivity index (χ1v) is 12.9. The van der Waals surface area contributed by atoms with Crippen LogP contribution < -0.4 is 14.8 Å². The van der Waals surface area contributed by atoms with Crippen molar-refractivity contribution < 1.29 is 18.6 Å². The van der Waals surface area contributed by atoms with Gasteiger partial charge in [-0.25, -0.2) is 4.39 Å². The van der Waals surface area contributed by atoms with Crippen molar-refractivity contribution in [1.29, 1.82) is 0 Å². The Bertz CT molecular complexity index is 971. The first-order chi connectivity index (χ1) is 17.1. The maximum absolute atomic E-state index is 13.4. The van der Waals surface area contributed by atoms with Crippen molar-refractivity contribution in [3.8, 4) is 11.5 Å². The average Bonchev–Trinajstić information content (AvgIpc) is 2.90. The number of hydrogen-bond acceptors (Lipinski definition) is 4. The number of halogens is 3. The van der Waals surface area contributed by atoms with Gasteiger partial charge in [0.2, 0.25) is 0 Å². The molecule has 0 saturated carbocycles. The number of methoxy groups -OCH3 is 1. The molecule has 1 N–H and O–H groups in total. The fraction of sp³-hybridized carbons (Fsp3) is 0.448. The van der Waals surface area contributed by atoms with E-state index in [-0.39, 0.29) is 35.4 Å². The van der Waals surface area contributed by atoms with Crippen molar-refractivity contribution in [2.24, 2.45) is 0 Å². The summed E-state index contributed by atoms with van der Waals surface area (Å²) >= 11 is 5.93. The van der Waals surface area contributed by atoms with Crippen molar-refractivity contribution in [3.05, 3.63) is 82.9 Å². The predicted molar refractivity (Wildman–Crippen MR) is 148 cm³/mol. The molecule has 4 rings (SSSR count). The van der Waals surface area contributed by atoms with E-state index in [2.05, 4.69) is 18.3 Å². The van der Waals surface area contributed by atoms with E-state index >= 15 is 0 Å². The van der Waals surface area contributed by atoms with Crippen molar-refractivity contribution in [2.45, 2.75) is 70.6 Å². The zero-order valence-corrected chi connectivity index (χ0v) is 22.8. The molecule has 0 bridgehead atoms. The Labute approximate surface area is 226 Å². The van der Waals surface area contributed by atoms with Gasteiger partial charge in [-0.05, 0) is 48.8 Å². The van der Waals surface area contributed by atoms with E-state index in [4.69, 9.17) is 25.8 Å². The van der Waals surface area contributed by atoms with E-state index in [1.54, 1.807) is 25.5 Å². The molecule has 0 spiro atoms. The summed E-state index contributed by atoms with van der Waals surface area (Å²) in [7, 11) is 1.67. The number of allylic oxidation sites excluding steroid dienone is 2. The van der Waals surface area contributed by atoms with Crippen molar-refractivity contribution in [2.75, 3.05) is 13.7 Å². The van der Waals surface area contributed by atoms with Gasteiger partial charge in [0.05, 0.1) is 18.4 Å². The van der Waals surface area contributed by atoms with Gasteiger partial charge in [-0.1, -0.05) is 62.4 Å². The second kappa shape index (κ2) is 16.5. The fourth-order valence-electron chi connectivity index (χ4n) is 4.23. The highest BCUT2D eigenvalue weighted by Gasteiger charge is 2.28. The molecular formula is C29H38Cl2FNO3. The fourth-order valence-corrected chi connectivity index (χ4v) is 4.43. The molecule has 2 aromatic carbocycles. The van der Waals surface area contributed by atoms with E-state index in [9.17, 15) is 4.39 Å². The first kappa shape index (κ1) is 30.0. The normalized spacial score (nSPS) is 17.6. The van der Waals surface area contributed by atoms with Crippen LogP contribution in [0.5, 0.6) is 11.5 Å². The maximum Gasteiger partial charge on any atom is 0.141 e. The van der Waals surface area contributed by atoms with Gasteiger partial charge in [-0.2, -0.15) is 0 Å². The molecule has 2 atom stereocenters. The minimum atomic E-state index is -0.387. The lowest BCUT2D eigenvalue weighted by Crippen LogP contribution is -2.32. The highest BCUT2D eigenvalue weighted by molar-refractivity contribution is 6.30. The number of rotatable bonds is 10. The number of hydrogen-bond donors (Lipinski definition) is 1. The van der Waals surface area contributed by atoms with Gasteiger partial charge < -0.3 is 19.5 Å². The lowest BCUT2D eigenvalue weighted by molar-refractivity contribution is 0.137. The number of nitrogens with one attached hydrogen (secondary N) is 1. The standard InChI is InChI=1S/C24H31ClFNO2.C5H6O.ClH/c1-3-4-5-6-7-8-19-14-23(20-11-10-18(28-2)15-24(20)29-19)27-16-17-9-12-22(26)21(25)13-17;1-2-4-6-5-3-1;/h9-13,15,19,23,27H,3-8,14,16H2,1-2H3;1-4H,5H2;1H. The van der Waals surface area contributed by atoms with Crippen LogP contribution in [-0.2, 0) is 11.3 Å². The van der Waals surface area contributed by atoms with Gasteiger partial charge in [0.25, 0.3) is 0 Å². The lowest BCUT2D eigenvalue weighted by Gasteiger charge is -2.33. The van der Waals surface area contributed by atoms with Gasteiger partial charge in [-0.15, -0.1) is 12.4 Å². The number of benzene rings is 2. The molecule has 2 heterocycles. The van der Waals surface area contributed by atoms with E-state index < -0.39 is 0 Å². The number of ether oxygens (including phenoxy) is 3. The summed E-state index contributed by atoms with van der Waals surface area (Å²) in [5.41, 5.74) is 2.11. The Balaban J connectivity index is 0.000000571. The molecule has 0 radical (unpaired) electrons. The summed E-state index contributed by atoms with van der Waals surface area (Å²) in [6.07, 6.45) is 15.9. The van der Waals surface area contributed by atoms with E-state index in [0.717, 1.165) is 42.1 Å². The molecule has 0 fully saturated rings. The van der Waals surface area contributed by atoms with Crippen LogP contribution in [0.3, 0.4) is 0 Å². The smallest absolute Gasteiger partial charge is 0.141 e. The van der Waals surface area contributed by atoms with E-state index in [0.29, 0.717) is 6.54 Å². The van der Waals surface area contributed by atoms with Crippen LogP contribution in [-0.4, -0.2) is 19.8 Å². The van der Waals surface area contributed by atoms with Crippen LogP contribution in [0.2, 0.25) is 5.02 Å². The molecular weight excluding hydrogens is 500 g/mol. The van der Waals surface area contributed by atoms with Gasteiger partial charge in [0, 0.05) is 30.6 Å². The van der Waals surface area contributed by atoms with Gasteiger partial charge in [-0.3, -0.25) is 0 Å². The third-order valence-corrected chi connectivity index (χ3v) is 6.46. The number of fused-ring (bicyclic) bond motifs is 1. The van der Waals surface area contributed by atoms with Crippen LogP contribution in [0.1, 0.15) is 69.0 Å². The van der Waals surface area contributed by atoms with E-state index in [1.807, 2.05) is 30.4 Å². The molecule has 198 valence electrons. The Morgan fingerprint density at radius 2 is 1.92 bits per heavy atom. The van der Waals surface area contributed by atoms with Crippen LogP contribution in [0.4, 0.5) is 4.39 Å². The SMILES string of the molecule is C1=CCOC=C1.CCCCCCCC1CC(NCc2ccc(F)c(Cl)c2)c2ccc(OC)cc2O1.Cl. The Hall–Kier alpha value is -2.21. The molecule has 2 aliphatic heterocycles. The zero-order chi connectivity index (χ0) is 24.9. The molecule has 0 aliphatic carbocycles. The summed E-state index contributed by atoms with van der Waals surface area (Å²) in [5, 5.41) is 3.78. The van der Waals surface area contributed by atoms with Crippen LogP contribution in [0.25, 0.3) is 0 Å². The molecule has 7 heteroatoms. The molecule has 0 amide bonds. The molecule has 2 aliphatic rings. The Kier molecular flexibility index (Phi) is 13.8. The van der Waals surface area contributed by atoms with Crippen LogP contribution in [0.15, 0.2) is 60.9 Å². The maximum atomic E-state index is 13.4. The Morgan fingerprint density at radius 3 is 2.56 bits per heavy atom. The van der Waals surface area contributed by atoms with Crippen molar-refractivity contribution >= 4 is 24.0 Å². The zero-order valence-electron chi connectivity index (χ0n) is 21.2. The third-order valence-electron chi connectivity index (χ3n) is 6.17. The molecule has 0 saturated heterocycles. The first-order valence-electron chi connectivity index (χ1n) is 12.6. The highest BCUT2D eigenvalue weighted by atomic mass is 35.5. The van der Waals surface area contributed by atoms with Gasteiger partial charge in [0.1, 0.15) is 30.0 Å². The minimum Gasteiger partial charge on any atom is -0.497 e. The highest BCUT2D eigenvalue weighted by Crippen LogP contribution is 2.38. The Morgan fingerprint density at radius 1 is 1.08 bits per heavy atom. The molecule has 2 unspecified atom stereocenters. The minimum absolute atomic E-state index is 0. The number of unbranched alkanes of at least 4 members (excludes halogenated alkanes) is 4. The topological polar surface area (TPSA) is 39.7 Å². The molecule has 36 heavy (non-hydrogen) atoms. The second-order valence-corrected chi connectivity index (χ2v) is 9.26. The monoisotopic (exact) mass is 537 g/mol. The third kappa shape index (κ3) is 9.68. The lowest BCUT2D eigenvalue weighted by atomic mass is 9.93. The summed E-state index contributed by atoms with van der Waals surface area (Å²) in [6.45, 7) is 3.59. The average molecular weight is 539 g/mol. The largest absolute Gasteiger partial charge is 0.497 e. The van der Waals surface area contributed by atoms with Crippen molar-refractivity contribution in [1.82, 2.24) is 5.32 Å². The summed E-state index contributed by atoms with van der Waals surface area (Å²) in [4.78, 5) is 0. The summed E-state index contributed by atoms with van der Waals surface area (Å²) in [5.74, 6) is 1.31. The van der Waals surface area contributed by atoms with E-state index in [1.165, 1.54) is 38.2 Å².